The van der Waals surface area contributed by atoms with Crippen molar-refractivity contribution < 1.29 is 4.39 Å². The third kappa shape index (κ3) is 2.13. The van der Waals surface area contributed by atoms with Gasteiger partial charge < -0.3 is 4.57 Å². The zero-order valence-corrected chi connectivity index (χ0v) is 12.3. The monoisotopic (exact) mass is 300 g/mol. The normalized spacial score (nSPS) is 23.8. The lowest BCUT2D eigenvalue weighted by Crippen LogP contribution is -2.03. The van der Waals surface area contributed by atoms with Crippen LogP contribution in [0.25, 0.3) is 11.0 Å². The number of aromatic nitrogens is 2. The standard InChI is InChI=1S/C14H15Cl2FN2/c1-3-8-4-12(8)19-13-5-9(16)10(17)6-11(13)18-14(19)7(2)15/h5-8,12H,3-4H2,1-2H3. The Bertz CT molecular complexity index is 636. The molecular formula is C14H15Cl2FN2. The maximum atomic E-state index is 13.5. The van der Waals surface area contributed by atoms with Crippen LogP contribution in [0.1, 0.15) is 43.9 Å². The van der Waals surface area contributed by atoms with E-state index in [1.807, 2.05) is 6.92 Å². The van der Waals surface area contributed by atoms with E-state index in [9.17, 15) is 4.39 Å². The van der Waals surface area contributed by atoms with E-state index in [0.717, 1.165) is 24.2 Å². The van der Waals surface area contributed by atoms with E-state index in [1.54, 1.807) is 6.07 Å². The Labute approximate surface area is 121 Å². The SMILES string of the molecule is CCC1CC1n1c(C(C)Cl)nc2cc(F)c(Cl)cc21. The van der Waals surface area contributed by atoms with E-state index in [4.69, 9.17) is 23.2 Å². The third-order valence-electron chi connectivity index (χ3n) is 3.86. The summed E-state index contributed by atoms with van der Waals surface area (Å²) in [6.07, 6.45) is 2.27. The number of rotatable bonds is 3. The highest BCUT2D eigenvalue weighted by Gasteiger charge is 2.39. The molecule has 2 nitrogen and oxygen atoms in total. The van der Waals surface area contributed by atoms with Crippen molar-refractivity contribution in [1.29, 1.82) is 0 Å². The van der Waals surface area contributed by atoms with Crippen LogP contribution in [0.4, 0.5) is 4.39 Å². The fraction of sp³-hybridized carbons (Fsp3) is 0.500. The second-order valence-electron chi connectivity index (χ2n) is 5.18. The van der Waals surface area contributed by atoms with Gasteiger partial charge in [-0.1, -0.05) is 24.9 Å². The molecule has 0 bridgehead atoms. The van der Waals surface area contributed by atoms with Gasteiger partial charge in [-0.3, -0.25) is 0 Å². The molecular weight excluding hydrogens is 286 g/mol. The number of halogens is 3. The van der Waals surface area contributed by atoms with E-state index < -0.39 is 5.82 Å². The predicted octanol–water partition coefficient (Wildman–Crippen LogP) is 5.10. The predicted molar refractivity (Wildman–Crippen MR) is 76.4 cm³/mol. The first-order valence-electron chi connectivity index (χ1n) is 6.53. The van der Waals surface area contributed by atoms with E-state index in [-0.39, 0.29) is 10.4 Å². The second-order valence-corrected chi connectivity index (χ2v) is 6.24. The summed E-state index contributed by atoms with van der Waals surface area (Å²) in [6, 6.07) is 3.47. The Kier molecular flexibility index (Phi) is 3.22. The highest BCUT2D eigenvalue weighted by Crippen LogP contribution is 2.48. The van der Waals surface area contributed by atoms with Gasteiger partial charge in [-0.25, -0.2) is 9.37 Å². The van der Waals surface area contributed by atoms with Gasteiger partial charge in [-0.15, -0.1) is 11.6 Å². The van der Waals surface area contributed by atoms with Crippen LogP contribution in [-0.4, -0.2) is 9.55 Å². The van der Waals surface area contributed by atoms with Crippen molar-refractivity contribution in [2.45, 2.75) is 38.1 Å². The number of nitrogens with zero attached hydrogens (tertiary/aromatic N) is 2. The number of hydrogen-bond donors (Lipinski definition) is 0. The molecule has 0 saturated heterocycles. The Morgan fingerprint density at radius 2 is 2.26 bits per heavy atom. The molecule has 0 spiro atoms. The average molecular weight is 301 g/mol. The smallest absolute Gasteiger partial charge is 0.144 e. The van der Waals surface area contributed by atoms with Crippen molar-refractivity contribution in [2.75, 3.05) is 0 Å². The number of benzene rings is 1. The van der Waals surface area contributed by atoms with E-state index in [2.05, 4.69) is 16.5 Å². The lowest BCUT2D eigenvalue weighted by atomic mass is 10.3. The number of alkyl halides is 1. The number of imidazole rings is 1. The van der Waals surface area contributed by atoms with Gasteiger partial charge in [0.25, 0.3) is 0 Å². The van der Waals surface area contributed by atoms with Gasteiger partial charge in [0.1, 0.15) is 11.6 Å². The maximum Gasteiger partial charge on any atom is 0.144 e. The zero-order chi connectivity index (χ0) is 13.7. The summed E-state index contributed by atoms with van der Waals surface area (Å²) in [4.78, 5) is 4.48. The van der Waals surface area contributed by atoms with Gasteiger partial charge in [0.15, 0.2) is 0 Å². The number of hydrogen-bond acceptors (Lipinski definition) is 1. The van der Waals surface area contributed by atoms with Gasteiger partial charge >= 0.3 is 0 Å². The highest BCUT2D eigenvalue weighted by molar-refractivity contribution is 6.31. The van der Waals surface area contributed by atoms with Gasteiger partial charge in [0, 0.05) is 12.1 Å². The summed E-state index contributed by atoms with van der Waals surface area (Å²) in [5.41, 5.74) is 1.51. The van der Waals surface area contributed by atoms with Gasteiger partial charge in [0.2, 0.25) is 0 Å². The summed E-state index contributed by atoms with van der Waals surface area (Å²) in [5.74, 6) is 1.03. The summed E-state index contributed by atoms with van der Waals surface area (Å²) in [6.45, 7) is 4.07. The second kappa shape index (κ2) is 4.64. The Morgan fingerprint density at radius 1 is 1.53 bits per heavy atom. The summed E-state index contributed by atoms with van der Waals surface area (Å²) < 4.78 is 15.7. The number of fused-ring (bicyclic) bond motifs is 1. The first-order valence-corrected chi connectivity index (χ1v) is 7.35. The maximum absolute atomic E-state index is 13.5. The average Bonchev–Trinajstić information content (AvgIpc) is 3.05. The van der Waals surface area contributed by atoms with Crippen LogP contribution in [0.15, 0.2) is 12.1 Å². The topological polar surface area (TPSA) is 17.8 Å². The van der Waals surface area contributed by atoms with Crippen molar-refractivity contribution >= 4 is 34.2 Å². The molecule has 1 aromatic heterocycles. The lowest BCUT2D eigenvalue weighted by Gasteiger charge is -2.10. The summed E-state index contributed by atoms with van der Waals surface area (Å²) in [7, 11) is 0. The van der Waals surface area contributed by atoms with Crippen molar-refractivity contribution in [2.24, 2.45) is 5.92 Å². The zero-order valence-electron chi connectivity index (χ0n) is 10.8. The molecule has 102 valence electrons. The minimum absolute atomic E-state index is 0.135. The van der Waals surface area contributed by atoms with E-state index in [1.165, 1.54) is 6.07 Å². The molecule has 0 radical (unpaired) electrons. The molecule has 1 aliphatic carbocycles. The minimum atomic E-state index is -0.435. The molecule has 1 fully saturated rings. The molecule has 2 aromatic rings. The first-order chi connectivity index (χ1) is 9.02. The molecule has 5 heteroatoms. The minimum Gasteiger partial charge on any atom is -0.323 e. The van der Waals surface area contributed by atoms with Crippen LogP contribution < -0.4 is 0 Å². The molecule has 3 rings (SSSR count). The fourth-order valence-corrected chi connectivity index (χ4v) is 3.04. The van der Waals surface area contributed by atoms with Crippen LogP contribution in [0, 0.1) is 11.7 Å². The Hall–Kier alpha value is -0.800. The van der Waals surface area contributed by atoms with Crippen LogP contribution in [0.3, 0.4) is 0 Å². The van der Waals surface area contributed by atoms with E-state index >= 15 is 0 Å². The van der Waals surface area contributed by atoms with Gasteiger partial charge in [-0.2, -0.15) is 0 Å². The molecule has 1 aliphatic rings. The lowest BCUT2D eigenvalue weighted by molar-refractivity contribution is 0.622. The van der Waals surface area contributed by atoms with Gasteiger partial charge in [0.05, 0.1) is 21.4 Å². The molecule has 1 saturated carbocycles. The van der Waals surface area contributed by atoms with Crippen LogP contribution in [0.2, 0.25) is 5.02 Å². The third-order valence-corrected chi connectivity index (χ3v) is 4.34. The quantitative estimate of drug-likeness (QED) is 0.721. The molecule has 0 aliphatic heterocycles. The largest absolute Gasteiger partial charge is 0.323 e. The molecule has 19 heavy (non-hydrogen) atoms. The molecule has 3 atom stereocenters. The van der Waals surface area contributed by atoms with Crippen LogP contribution >= 0.6 is 23.2 Å². The van der Waals surface area contributed by atoms with Crippen molar-refractivity contribution in [3.8, 4) is 0 Å². The highest BCUT2D eigenvalue weighted by atomic mass is 35.5. The Morgan fingerprint density at radius 3 is 2.84 bits per heavy atom. The summed E-state index contributed by atoms with van der Waals surface area (Å²) in [5, 5.41) is -0.0662. The Balaban J connectivity index is 2.21. The van der Waals surface area contributed by atoms with E-state index in [0.29, 0.717) is 17.5 Å². The molecule has 1 aromatic carbocycles. The molecule has 0 amide bonds. The van der Waals surface area contributed by atoms with Crippen molar-refractivity contribution in [3.05, 3.63) is 28.8 Å². The van der Waals surface area contributed by atoms with Crippen molar-refractivity contribution in [1.82, 2.24) is 9.55 Å². The molecule has 0 N–H and O–H groups in total. The molecule has 1 heterocycles. The summed E-state index contributed by atoms with van der Waals surface area (Å²) >= 11 is 12.1. The first kappa shape index (κ1) is 13.2. The fourth-order valence-electron chi connectivity index (χ4n) is 2.72. The van der Waals surface area contributed by atoms with Crippen LogP contribution in [0.5, 0.6) is 0 Å². The van der Waals surface area contributed by atoms with Crippen molar-refractivity contribution in [3.63, 3.8) is 0 Å². The molecule has 3 unspecified atom stereocenters. The van der Waals surface area contributed by atoms with Gasteiger partial charge in [-0.05, 0) is 25.3 Å². The van der Waals surface area contributed by atoms with Crippen LogP contribution in [-0.2, 0) is 0 Å².